The summed E-state index contributed by atoms with van der Waals surface area (Å²) in [7, 11) is 2.03. The van der Waals surface area contributed by atoms with E-state index in [1.165, 1.54) is 0 Å². The number of nitrogens with one attached hydrogen (secondary N) is 2. The third-order valence-corrected chi connectivity index (χ3v) is 6.09. The van der Waals surface area contributed by atoms with E-state index in [2.05, 4.69) is 38.1 Å². The van der Waals surface area contributed by atoms with Crippen LogP contribution in [0.2, 0.25) is 0 Å². The van der Waals surface area contributed by atoms with Crippen LogP contribution < -0.4 is 10.6 Å². The molecule has 3 aromatic rings. The zero-order valence-corrected chi connectivity index (χ0v) is 18.6. The number of hydrogen-bond donors (Lipinski definition) is 2. The Morgan fingerprint density at radius 1 is 1.16 bits per heavy atom. The van der Waals surface area contributed by atoms with Gasteiger partial charge < -0.3 is 20.1 Å². The molecule has 2 atom stereocenters. The van der Waals surface area contributed by atoms with Gasteiger partial charge in [0.15, 0.2) is 5.11 Å². The lowest BCUT2D eigenvalue weighted by Gasteiger charge is -2.28. The van der Waals surface area contributed by atoms with Gasteiger partial charge in [-0.25, -0.2) is 0 Å². The lowest BCUT2D eigenvalue weighted by molar-refractivity contribution is -0.116. The Bertz CT molecular complexity index is 1060. The molecule has 0 spiro atoms. The fraction of sp³-hybridized carbons (Fsp3) is 0.292. The van der Waals surface area contributed by atoms with Crippen molar-refractivity contribution in [3.8, 4) is 0 Å². The summed E-state index contributed by atoms with van der Waals surface area (Å²) in [5, 5.41) is 7.13. The number of carbonyl (C=O) groups is 1. The van der Waals surface area contributed by atoms with Gasteiger partial charge in [-0.2, -0.15) is 0 Å². The average molecular weight is 434 g/mol. The molecule has 3 heterocycles. The van der Waals surface area contributed by atoms with E-state index in [-0.39, 0.29) is 18.0 Å². The maximum Gasteiger partial charge on any atom is 0.226 e. The summed E-state index contributed by atoms with van der Waals surface area (Å²) in [6, 6.07) is 17.8. The molecule has 0 unspecified atom stereocenters. The summed E-state index contributed by atoms with van der Waals surface area (Å²) < 4.78 is 2.10. The molecule has 0 bridgehead atoms. The highest BCUT2D eigenvalue weighted by molar-refractivity contribution is 7.80. The minimum atomic E-state index is -0.0776. The number of amides is 1. The summed E-state index contributed by atoms with van der Waals surface area (Å²) in [5.41, 5.74) is 4.06. The zero-order chi connectivity index (χ0) is 21.8. The molecule has 7 heteroatoms. The Balaban J connectivity index is 1.53. The van der Waals surface area contributed by atoms with E-state index in [0.29, 0.717) is 18.1 Å². The second kappa shape index (κ2) is 9.31. The molecule has 0 saturated carbocycles. The third-order valence-electron chi connectivity index (χ3n) is 5.74. The highest BCUT2D eigenvalue weighted by atomic mass is 32.1. The van der Waals surface area contributed by atoms with E-state index in [0.717, 1.165) is 29.1 Å². The highest BCUT2D eigenvalue weighted by Crippen LogP contribution is 2.38. The van der Waals surface area contributed by atoms with Crippen molar-refractivity contribution in [3.63, 3.8) is 0 Å². The number of pyridine rings is 1. The molecule has 6 nitrogen and oxygen atoms in total. The molecule has 1 aliphatic heterocycles. The lowest BCUT2D eigenvalue weighted by atomic mass is 10.0. The van der Waals surface area contributed by atoms with E-state index in [4.69, 9.17) is 12.2 Å². The predicted octanol–water partition coefficient (Wildman–Crippen LogP) is 3.98. The first-order valence-corrected chi connectivity index (χ1v) is 11.0. The lowest BCUT2D eigenvalue weighted by Crippen LogP contribution is -2.33. The Kier molecular flexibility index (Phi) is 6.32. The molecular formula is C24H27N5OS. The average Bonchev–Trinajstić information content (AvgIpc) is 3.35. The van der Waals surface area contributed by atoms with Gasteiger partial charge in [0, 0.05) is 43.8 Å². The van der Waals surface area contributed by atoms with Gasteiger partial charge in [0.2, 0.25) is 5.91 Å². The van der Waals surface area contributed by atoms with Gasteiger partial charge in [0.25, 0.3) is 0 Å². The number of carbonyl (C=O) groups excluding carboxylic acids is 1. The molecule has 4 rings (SSSR count). The molecule has 2 aromatic heterocycles. The van der Waals surface area contributed by atoms with Crippen molar-refractivity contribution in [1.29, 1.82) is 0 Å². The van der Waals surface area contributed by atoms with E-state index >= 15 is 0 Å². The molecule has 1 saturated heterocycles. The maximum atomic E-state index is 12.7. The number of aryl methyl sites for hydroxylation is 2. The topological polar surface area (TPSA) is 62.2 Å². The number of benzene rings is 1. The molecule has 1 aromatic carbocycles. The molecular weight excluding hydrogens is 406 g/mol. The molecule has 31 heavy (non-hydrogen) atoms. The Morgan fingerprint density at radius 3 is 2.68 bits per heavy atom. The molecule has 0 aliphatic carbocycles. The van der Waals surface area contributed by atoms with Crippen LogP contribution >= 0.6 is 12.2 Å². The summed E-state index contributed by atoms with van der Waals surface area (Å²) in [4.78, 5) is 19.4. The molecule has 1 amide bonds. The monoisotopic (exact) mass is 433 g/mol. The van der Waals surface area contributed by atoms with Crippen molar-refractivity contribution in [3.05, 3.63) is 83.9 Å². The van der Waals surface area contributed by atoms with Gasteiger partial charge in [0.1, 0.15) is 0 Å². The fourth-order valence-corrected chi connectivity index (χ4v) is 4.47. The number of hydrogen-bond acceptors (Lipinski definition) is 3. The Hall–Kier alpha value is -3.19. The van der Waals surface area contributed by atoms with Crippen LogP contribution in [-0.4, -0.2) is 32.0 Å². The van der Waals surface area contributed by atoms with E-state index < -0.39 is 0 Å². The number of rotatable bonds is 7. The summed E-state index contributed by atoms with van der Waals surface area (Å²) in [5.74, 6) is -0.0179. The Morgan fingerprint density at radius 2 is 1.97 bits per heavy atom. The van der Waals surface area contributed by atoms with Crippen molar-refractivity contribution in [2.24, 2.45) is 7.05 Å². The molecule has 0 radical (unpaired) electrons. The Labute approximate surface area is 188 Å². The molecule has 1 fully saturated rings. The van der Waals surface area contributed by atoms with Crippen molar-refractivity contribution < 1.29 is 4.79 Å². The number of aromatic nitrogens is 2. The third kappa shape index (κ3) is 4.46. The zero-order valence-electron chi connectivity index (χ0n) is 17.8. The predicted molar refractivity (Wildman–Crippen MR) is 127 cm³/mol. The first-order chi connectivity index (χ1) is 15.1. The largest absolute Gasteiger partial charge is 0.353 e. The van der Waals surface area contributed by atoms with Crippen LogP contribution in [0.3, 0.4) is 0 Å². The first kappa shape index (κ1) is 21.1. The van der Waals surface area contributed by atoms with Crippen molar-refractivity contribution in [2.45, 2.75) is 31.8 Å². The summed E-state index contributed by atoms with van der Waals surface area (Å²) >= 11 is 5.68. The van der Waals surface area contributed by atoms with Crippen LogP contribution in [0.15, 0.2) is 67.0 Å². The smallest absolute Gasteiger partial charge is 0.226 e. The van der Waals surface area contributed by atoms with Crippen LogP contribution in [-0.2, 0) is 18.3 Å². The minimum absolute atomic E-state index is 0.0179. The van der Waals surface area contributed by atoms with Crippen molar-refractivity contribution >= 4 is 28.9 Å². The van der Waals surface area contributed by atoms with Gasteiger partial charge >= 0.3 is 0 Å². The number of para-hydroxylation sites is 1. The van der Waals surface area contributed by atoms with Crippen molar-refractivity contribution in [2.75, 3.05) is 11.9 Å². The number of nitrogens with zero attached hydrogens (tertiary/aromatic N) is 3. The van der Waals surface area contributed by atoms with Gasteiger partial charge in [-0.3, -0.25) is 9.78 Å². The normalized spacial score (nSPS) is 18.1. The molecule has 1 aliphatic rings. The van der Waals surface area contributed by atoms with Crippen LogP contribution in [0.1, 0.15) is 42.4 Å². The van der Waals surface area contributed by atoms with Crippen LogP contribution in [0.4, 0.5) is 5.69 Å². The van der Waals surface area contributed by atoms with Crippen LogP contribution in [0.5, 0.6) is 0 Å². The van der Waals surface area contributed by atoms with Gasteiger partial charge in [-0.05, 0) is 54.5 Å². The summed E-state index contributed by atoms with van der Waals surface area (Å²) in [6.07, 6.45) is 5.04. The standard InChI is InChI=1S/C24H27N5OS/c1-3-17-9-4-5-10-18(17)26-21(30)13-16-29-23(20-12-8-15-28(20)2)22(27-24(29)31)19-11-6-7-14-25-19/h4-12,14-15,22-23H,3,13,16H2,1-2H3,(H,26,30)(H,27,31)/t22-,23-/m0/s1. The van der Waals surface area contributed by atoms with Gasteiger partial charge in [0.05, 0.1) is 17.8 Å². The molecule has 2 N–H and O–H groups in total. The molecule has 160 valence electrons. The van der Waals surface area contributed by atoms with Crippen LogP contribution in [0.25, 0.3) is 0 Å². The minimum Gasteiger partial charge on any atom is -0.353 e. The maximum absolute atomic E-state index is 12.7. The van der Waals surface area contributed by atoms with Crippen molar-refractivity contribution in [1.82, 2.24) is 19.8 Å². The number of anilines is 1. The second-order valence-corrected chi connectivity index (χ2v) is 8.06. The second-order valence-electron chi connectivity index (χ2n) is 7.67. The van der Waals surface area contributed by atoms with Crippen LogP contribution in [0, 0.1) is 0 Å². The first-order valence-electron chi connectivity index (χ1n) is 10.6. The SMILES string of the molecule is CCc1ccccc1NC(=O)CCN1C(=S)N[C@@H](c2ccccn2)[C@@H]1c1cccn1C. The van der Waals surface area contributed by atoms with E-state index in [9.17, 15) is 4.79 Å². The fourth-order valence-electron chi connectivity index (χ4n) is 4.13. The summed E-state index contributed by atoms with van der Waals surface area (Å²) in [6.45, 7) is 2.60. The van der Waals surface area contributed by atoms with Gasteiger partial charge in [-0.1, -0.05) is 31.2 Å². The van der Waals surface area contributed by atoms with E-state index in [1.54, 1.807) is 6.20 Å². The quantitative estimate of drug-likeness (QED) is 0.552. The highest BCUT2D eigenvalue weighted by Gasteiger charge is 2.40. The number of thiocarbonyl (C=S) groups is 1. The van der Waals surface area contributed by atoms with E-state index in [1.807, 2.05) is 61.8 Å². The van der Waals surface area contributed by atoms with Gasteiger partial charge in [-0.15, -0.1) is 0 Å².